The number of nitro groups is 1. The Morgan fingerprint density at radius 1 is 0.921 bits per heavy atom. The van der Waals surface area contributed by atoms with Crippen LogP contribution in [0, 0.1) is 10.1 Å². The van der Waals surface area contributed by atoms with Crippen molar-refractivity contribution in [1.29, 1.82) is 0 Å². The van der Waals surface area contributed by atoms with Crippen LogP contribution in [0.3, 0.4) is 0 Å². The predicted octanol–water partition coefficient (Wildman–Crippen LogP) is 5.58. The number of fused-ring (bicyclic) bond motifs is 1. The molecule has 0 fully saturated rings. The van der Waals surface area contributed by atoms with Crippen molar-refractivity contribution < 1.29 is 27.6 Å². The van der Waals surface area contributed by atoms with Crippen LogP contribution in [0.5, 0.6) is 11.5 Å². The van der Waals surface area contributed by atoms with Gasteiger partial charge in [0.2, 0.25) is 0 Å². The number of nitro benzene ring substituents is 1. The summed E-state index contributed by atoms with van der Waals surface area (Å²) in [5.74, 6) is 0.229. The summed E-state index contributed by atoms with van der Waals surface area (Å²) in [6.07, 6.45) is 5.81. The zero-order valence-corrected chi connectivity index (χ0v) is 21.6. The number of ketones is 1. The van der Waals surface area contributed by atoms with Gasteiger partial charge in [0.25, 0.3) is 15.7 Å². The van der Waals surface area contributed by atoms with Gasteiger partial charge in [-0.2, -0.15) is 0 Å². The minimum atomic E-state index is -4.10. The molecule has 0 aliphatic rings. The molecular weight excluding hydrogens is 508 g/mol. The second-order valence-electron chi connectivity index (χ2n) is 8.20. The Kier molecular flexibility index (Phi) is 7.45. The van der Waals surface area contributed by atoms with Crippen LogP contribution in [-0.2, 0) is 14.8 Å². The molecule has 38 heavy (non-hydrogen) atoms. The molecule has 0 radical (unpaired) electrons. The highest BCUT2D eigenvalue weighted by molar-refractivity contribution is 7.90. The van der Waals surface area contributed by atoms with Crippen molar-refractivity contribution in [2.45, 2.75) is 11.8 Å². The Morgan fingerprint density at radius 2 is 1.55 bits per heavy atom. The summed E-state index contributed by atoms with van der Waals surface area (Å²) in [7, 11) is -1.32. The topological polar surface area (TPSA) is 118 Å². The number of ether oxygens (including phenoxy) is 2. The zero-order valence-electron chi connectivity index (χ0n) is 20.8. The van der Waals surface area contributed by atoms with Gasteiger partial charge in [0, 0.05) is 10.9 Å². The van der Waals surface area contributed by atoms with Gasteiger partial charge >= 0.3 is 0 Å². The fraction of sp³-hybridized carbons (Fsp3) is 0.107. The quantitative estimate of drug-likeness (QED) is 0.157. The first kappa shape index (κ1) is 26.4. The van der Waals surface area contributed by atoms with Crippen LogP contribution in [-0.4, -0.2) is 37.3 Å². The highest BCUT2D eigenvalue weighted by Gasteiger charge is 2.25. The molecule has 0 amide bonds. The van der Waals surface area contributed by atoms with Crippen LogP contribution >= 0.6 is 0 Å². The largest absolute Gasteiger partial charge is 0.493 e. The number of carbonyl (C=O) groups is 1. The maximum atomic E-state index is 13.9. The van der Waals surface area contributed by atoms with E-state index in [9.17, 15) is 23.3 Å². The third kappa shape index (κ3) is 4.94. The molecule has 0 unspecified atom stereocenters. The highest BCUT2D eigenvalue weighted by Crippen LogP contribution is 2.37. The Hall–Kier alpha value is -4.70. The van der Waals surface area contributed by atoms with E-state index < -0.39 is 14.9 Å². The fourth-order valence-electron chi connectivity index (χ4n) is 4.09. The van der Waals surface area contributed by atoms with E-state index in [1.54, 1.807) is 48.5 Å². The number of para-hydroxylation sites is 1. The molecule has 0 N–H and O–H groups in total. The molecule has 3 aromatic carbocycles. The van der Waals surface area contributed by atoms with Gasteiger partial charge in [-0.25, -0.2) is 12.4 Å². The van der Waals surface area contributed by atoms with Gasteiger partial charge in [-0.3, -0.25) is 14.9 Å². The Balaban J connectivity index is 2.05. The van der Waals surface area contributed by atoms with E-state index in [0.29, 0.717) is 16.5 Å². The van der Waals surface area contributed by atoms with Crippen molar-refractivity contribution in [3.8, 4) is 11.5 Å². The lowest BCUT2D eigenvalue weighted by Crippen LogP contribution is -2.14. The number of benzene rings is 3. The zero-order chi connectivity index (χ0) is 27.4. The molecule has 10 heteroatoms. The molecule has 1 heterocycles. The van der Waals surface area contributed by atoms with Crippen molar-refractivity contribution in [3.63, 3.8) is 0 Å². The van der Waals surface area contributed by atoms with E-state index in [2.05, 4.69) is 0 Å². The van der Waals surface area contributed by atoms with Crippen molar-refractivity contribution in [2.75, 3.05) is 14.2 Å². The molecular formula is C28H24N2O7S. The van der Waals surface area contributed by atoms with E-state index in [-0.39, 0.29) is 39.1 Å². The Labute approximate surface area is 219 Å². The lowest BCUT2D eigenvalue weighted by Gasteiger charge is -2.11. The van der Waals surface area contributed by atoms with Crippen LogP contribution in [0.4, 0.5) is 5.69 Å². The molecule has 0 spiro atoms. The van der Waals surface area contributed by atoms with Gasteiger partial charge in [-0.05, 0) is 55.5 Å². The molecule has 0 atom stereocenters. The van der Waals surface area contributed by atoms with Crippen molar-refractivity contribution in [1.82, 2.24) is 3.97 Å². The summed E-state index contributed by atoms with van der Waals surface area (Å²) in [6, 6.07) is 17.5. The first-order valence-electron chi connectivity index (χ1n) is 11.4. The second-order valence-corrected chi connectivity index (χ2v) is 9.99. The third-order valence-corrected chi connectivity index (χ3v) is 7.57. The molecule has 9 nitrogen and oxygen atoms in total. The van der Waals surface area contributed by atoms with Crippen molar-refractivity contribution >= 4 is 50.6 Å². The molecule has 0 aliphatic carbocycles. The summed E-state index contributed by atoms with van der Waals surface area (Å²) in [5.41, 5.74) is 0.990. The number of rotatable bonds is 9. The van der Waals surface area contributed by atoms with Crippen LogP contribution < -0.4 is 9.47 Å². The standard InChI is InChI=1S/C28H24N2O7S/c1-19(31)13-15-23-22-11-7-8-12-24(22)29(38(34,35)21-9-5-4-6-10-21)25(23)16-14-20-17-27(36-2)28(37-3)18-26(20)30(32)33/h4-18H,1-3H3/b15-13+,16-14+. The summed E-state index contributed by atoms with van der Waals surface area (Å²) in [4.78, 5) is 23.1. The maximum Gasteiger partial charge on any atom is 0.280 e. The number of hydrogen-bond donors (Lipinski definition) is 0. The lowest BCUT2D eigenvalue weighted by atomic mass is 10.1. The normalized spacial score (nSPS) is 11.9. The first-order valence-corrected chi connectivity index (χ1v) is 12.8. The average molecular weight is 533 g/mol. The van der Waals surface area contributed by atoms with Crippen LogP contribution in [0.25, 0.3) is 29.1 Å². The molecule has 0 aliphatic heterocycles. The summed E-state index contributed by atoms with van der Waals surface area (Å²) in [6.45, 7) is 1.39. The van der Waals surface area contributed by atoms with Gasteiger partial charge in [0.1, 0.15) is 0 Å². The molecule has 4 aromatic rings. The smallest absolute Gasteiger partial charge is 0.280 e. The molecule has 4 rings (SSSR count). The predicted molar refractivity (Wildman–Crippen MR) is 146 cm³/mol. The summed E-state index contributed by atoms with van der Waals surface area (Å²) in [5, 5.41) is 12.4. The van der Waals surface area contributed by atoms with Gasteiger partial charge in [0.05, 0.1) is 46.9 Å². The molecule has 0 saturated carbocycles. The third-order valence-electron chi connectivity index (χ3n) is 5.82. The molecule has 194 valence electrons. The fourth-order valence-corrected chi connectivity index (χ4v) is 5.64. The minimum absolute atomic E-state index is 0.0644. The Bertz CT molecular complexity index is 1700. The van der Waals surface area contributed by atoms with E-state index >= 15 is 0 Å². The van der Waals surface area contributed by atoms with Crippen LogP contribution in [0.2, 0.25) is 0 Å². The lowest BCUT2D eigenvalue weighted by molar-refractivity contribution is -0.385. The molecule has 0 saturated heterocycles. The maximum absolute atomic E-state index is 13.9. The van der Waals surface area contributed by atoms with E-state index in [1.807, 2.05) is 0 Å². The van der Waals surface area contributed by atoms with E-state index in [0.717, 1.165) is 0 Å². The summed E-state index contributed by atoms with van der Waals surface area (Å²) < 4.78 is 39.4. The monoisotopic (exact) mass is 532 g/mol. The minimum Gasteiger partial charge on any atom is -0.493 e. The van der Waals surface area contributed by atoms with Gasteiger partial charge in [0.15, 0.2) is 17.3 Å². The van der Waals surface area contributed by atoms with Crippen molar-refractivity contribution in [3.05, 3.63) is 99.7 Å². The van der Waals surface area contributed by atoms with E-state index in [4.69, 9.17) is 9.47 Å². The second kappa shape index (κ2) is 10.7. The van der Waals surface area contributed by atoms with Crippen molar-refractivity contribution in [2.24, 2.45) is 0 Å². The number of carbonyl (C=O) groups excluding carboxylic acids is 1. The number of methoxy groups -OCH3 is 2. The van der Waals surface area contributed by atoms with Gasteiger partial charge in [-0.15, -0.1) is 0 Å². The average Bonchev–Trinajstić information content (AvgIpc) is 3.24. The number of aromatic nitrogens is 1. The number of allylic oxidation sites excluding steroid dienone is 1. The highest BCUT2D eigenvalue weighted by atomic mass is 32.2. The Morgan fingerprint density at radius 3 is 2.18 bits per heavy atom. The van der Waals surface area contributed by atoms with Gasteiger partial charge in [-0.1, -0.05) is 36.4 Å². The SMILES string of the molecule is COc1cc(/C=C/c2c(/C=C/C(C)=O)c3ccccc3n2S(=O)(=O)c2ccccc2)c([N+](=O)[O-])cc1OC. The van der Waals surface area contributed by atoms with E-state index in [1.165, 1.54) is 67.6 Å². The first-order chi connectivity index (χ1) is 18.2. The summed E-state index contributed by atoms with van der Waals surface area (Å²) >= 11 is 0. The number of hydrogen-bond acceptors (Lipinski definition) is 7. The molecule has 1 aromatic heterocycles. The van der Waals surface area contributed by atoms with Crippen LogP contribution in [0.1, 0.15) is 23.7 Å². The molecule has 0 bridgehead atoms. The van der Waals surface area contributed by atoms with Crippen LogP contribution in [0.15, 0.2) is 77.7 Å². The number of nitrogens with zero attached hydrogens (tertiary/aromatic N) is 2. The van der Waals surface area contributed by atoms with Gasteiger partial charge < -0.3 is 9.47 Å².